The van der Waals surface area contributed by atoms with Crippen LogP contribution in [-0.2, 0) is 20.8 Å². The second-order valence-corrected chi connectivity index (χ2v) is 36.0. The van der Waals surface area contributed by atoms with Crippen LogP contribution < -0.4 is 47.7 Å². The fraction of sp³-hybridized carbons (Fsp3) is 0.0588. The molecule has 504 valence electrons. The van der Waals surface area contributed by atoms with Crippen molar-refractivity contribution >= 4 is 70.7 Å². The van der Waals surface area contributed by atoms with E-state index in [2.05, 4.69) is 421 Å². The first-order valence-electron chi connectivity index (χ1n) is 36.8. The summed E-state index contributed by atoms with van der Waals surface area (Å²) in [5.41, 5.74) is 23.2. The molecular weight excluding hydrogens is 1330 g/mol. The summed E-state index contributed by atoms with van der Waals surface area (Å²) in [7, 11) is -5.69. The zero-order valence-electron chi connectivity index (χ0n) is 59.4. The quantitative estimate of drug-likeness (QED) is 0.0935. The molecule has 16 aromatic carbocycles. The highest BCUT2D eigenvalue weighted by Gasteiger charge is 2.50. The van der Waals surface area contributed by atoms with Gasteiger partial charge in [-0.1, -0.05) is 405 Å². The first-order chi connectivity index (χ1) is 52.2. The van der Waals surface area contributed by atoms with Crippen molar-refractivity contribution in [1.29, 1.82) is 0 Å². The van der Waals surface area contributed by atoms with Gasteiger partial charge in [-0.25, -0.2) is 0 Å². The Balaban J connectivity index is 0.823. The SMILES string of the molecule is Cc1ccc(C2(c3ccc(P(=O)(c4ccc(C5(c6ccc(C)cc6)c6ccccc6-c6ccc(P(c7ccccc7)c7ccccc7)cc65)cc4)c4ccc(C5(c6ccc(C)cc6)c6ccccc6-c6ccc(P(c7ccccc7)c7ccccc7)cc65)cc4)cc3)c3ccccc3-c3ccccc32)cc1. The molecule has 3 aliphatic rings. The lowest BCUT2D eigenvalue weighted by Crippen LogP contribution is -2.32. The molecule has 0 heterocycles. The van der Waals surface area contributed by atoms with Gasteiger partial charge in [0.05, 0.1) is 16.2 Å². The molecule has 0 fully saturated rings. The van der Waals surface area contributed by atoms with E-state index in [1.54, 1.807) is 0 Å². The first kappa shape index (κ1) is 65.4. The molecule has 0 spiro atoms. The Labute approximate surface area is 625 Å². The van der Waals surface area contributed by atoms with Gasteiger partial charge in [0.1, 0.15) is 0 Å². The van der Waals surface area contributed by atoms with Gasteiger partial charge in [-0.2, -0.15) is 0 Å². The van der Waals surface area contributed by atoms with Crippen molar-refractivity contribution in [3.05, 3.63) is 484 Å². The molecule has 0 N–H and O–H groups in total. The molecule has 0 aliphatic heterocycles. The van der Waals surface area contributed by atoms with E-state index in [0.29, 0.717) is 0 Å². The Bertz CT molecular complexity index is 5630. The zero-order chi connectivity index (χ0) is 71.1. The molecule has 0 aromatic heterocycles. The summed E-state index contributed by atoms with van der Waals surface area (Å²) in [6.45, 7) is 6.52. The third-order valence-electron chi connectivity index (χ3n) is 23.0. The van der Waals surface area contributed by atoms with Gasteiger partial charge in [-0.3, -0.25) is 0 Å². The van der Waals surface area contributed by atoms with E-state index in [4.69, 9.17) is 0 Å². The maximum atomic E-state index is 18.3. The predicted molar refractivity (Wildman–Crippen MR) is 449 cm³/mol. The van der Waals surface area contributed by atoms with Gasteiger partial charge < -0.3 is 4.57 Å². The van der Waals surface area contributed by atoms with Crippen molar-refractivity contribution in [2.45, 2.75) is 37.0 Å². The third kappa shape index (κ3) is 10.2. The number of hydrogen-bond donors (Lipinski definition) is 0. The lowest BCUT2D eigenvalue weighted by Gasteiger charge is -2.35. The monoisotopic (exact) mass is 1410 g/mol. The maximum Gasteiger partial charge on any atom is 0.171 e. The van der Waals surface area contributed by atoms with Crippen molar-refractivity contribution in [3.63, 3.8) is 0 Å². The number of hydrogen-bond acceptors (Lipinski definition) is 1. The van der Waals surface area contributed by atoms with Gasteiger partial charge >= 0.3 is 0 Å². The fourth-order valence-electron chi connectivity index (χ4n) is 18.2. The van der Waals surface area contributed by atoms with Crippen LogP contribution in [0.4, 0.5) is 0 Å². The highest BCUT2D eigenvalue weighted by atomic mass is 31.2. The van der Waals surface area contributed by atoms with Gasteiger partial charge in [-0.15, -0.1) is 0 Å². The van der Waals surface area contributed by atoms with Crippen LogP contribution in [0.15, 0.2) is 400 Å². The van der Waals surface area contributed by atoms with E-state index < -0.39 is 39.2 Å². The molecule has 4 heteroatoms. The normalized spacial score (nSPS) is 16.1. The molecule has 2 atom stereocenters. The Morgan fingerprint density at radius 1 is 0.198 bits per heavy atom. The Morgan fingerprint density at radius 2 is 0.406 bits per heavy atom. The van der Waals surface area contributed by atoms with Crippen molar-refractivity contribution in [1.82, 2.24) is 0 Å². The van der Waals surface area contributed by atoms with Gasteiger partial charge in [-0.05, 0) is 181 Å². The molecule has 0 bridgehead atoms. The van der Waals surface area contributed by atoms with Crippen LogP contribution in [0.25, 0.3) is 33.4 Å². The molecule has 2 unspecified atom stereocenters. The Morgan fingerprint density at radius 3 is 0.660 bits per heavy atom. The second-order valence-electron chi connectivity index (χ2n) is 28.8. The van der Waals surface area contributed by atoms with E-state index in [1.807, 2.05) is 0 Å². The molecule has 0 saturated heterocycles. The standard InChI is InChI=1S/C102H75OP3/c1-70-40-46-73(47-41-70)100(94-36-20-16-32-88(94)89-33-17-21-37-95(89)100)76-52-60-85(61-53-76)106(103,86-62-54-77(55-63-86)101(74-48-42-71(2)43-49-74)96-38-22-18-34-90(96)92-66-58-83(68-98(92)101)104(79-24-8-4-9-25-79)80-26-10-5-11-27-80)87-64-56-78(57-65-87)102(75-50-44-72(3)45-51-75)97-39-23-19-35-91(97)93-67-59-84(69-99(93)102)105(81-28-12-6-13-29-81)82-30-14-7-15-31-82/h4-69H,1-3H3. The van der Waals surface area contributed by atoms with Crippen LogP contribution >= 0.6 is 23.0 Å². The molecule has 0 amide bonds. The molecule has 0 saturated carbocycles. The van der Waals surface area contributed by atoms with E-state index in [0.717, 1.165) is 32.6 Å². The van der Waals surface area contributed by atoms with Crippen molar-refractivity contribution in [2.75, 3.05) is 0 Å². The lowest BCUT2D eigenvalue weighted by molar-refractivity contribution is 0.592. The highest BCUT2D eigenvalue weighted by Crippen LogP contribution is 2.61. The molecule has 16 aromatic rings. The van der Waals surface area contributed by atoms with E-state index in [9.17, 15) is 0 Å². The molecule has 0 radical (unpaired) electrons. The third-order valence-corrected chi connectivity index (χ3v) is 31.0. The lowest BCUT2D eigenvalue weighted by atomic mass is 9.67. The summed E-state index contributed by atoms with van der Waals surface area (Å²) in [6, 6.07) is 149. The summed E-state index contributed by atoms with van der Waals surface area (Å²) < 4.78 is 18.3. The number of rotatable bonds is 15. The summed E-state index contributed by atoms with van der Waals surface area (Å²) in [5.74, 6) is 0. The minimum Gasteiger partial charge on any atom is -0.309 e. The topological polar surface area (TPSA) is 17.1 Å². The minimum absolute atomic E-state index is 0.643. The van der Waals surface area contributed by atoms with Gasteiger partial charge in [0.2, 0.25) is 0 Å². The summed E-state index contributed by atoms with van der Waals surface area (Å²) in [5, 5.41) is 10.1. The largest absolute Gasteiger partial charge is 0.309 e. The van der Waals surface area contributed by atoms with Crippen LogP contribution in [0.5, 0.6) is 0 Å². The number of benzene rings is 16. The zero-order valence-corrected chi connectivity index (χ0v) is 62.0. The average molecular weight is 1410 g/mol. The number of fused-ring (bicyclic) bond motifs is 9. The average Bonchev–Trinajstić information content (AvgIpc) is 1.53. The Kier molecular flexibility index (Phi) is 16.2. The fourth-order valence-corrected chi connectivity index (χ4v) is 25.5. The minimum atomic E-state index is -3.80. The Hall–Kier alpha value is -11.4. The van der Waals surface area contributed by atoms with Crippen LogP contribution in [-0.4, -0.2) is 0 Å². The van der Waals surface area contributed by atoms with Crippen LogP contribution in [0.3, 0.4) is 0 Å². The molecule has 19 rings (SSSR count). The summed E-state index contributed by atoms with van der Waals surface area (Å²) in [4.78, 5) is 0. The first-order valence-corrected chi connectivity index (χ1v) is 41.2. The van der Waals surface area contributed by atoms with E-state index in [-0.39, 0.29) is 0 Å². The predicted octanol–water partition coefficient (Wildman–Crippen LogP) is 20.9. The van der Waals surface area contributed by atoms with Crippen LogP contribution in [0, 0.1) is 20.8 Å². The van der Waals surface area contributed by atoms with Crippen LogP contribution in [0.1, 0.15) is 83.5 Å². The van der Waals surface area contributed by atoms with Crippen molar-refractivity contribution < 1.29 is 4.57 Å². The highest BCUT2D eigenvalue weighted by molar-refractivity contribution is 7.85. The van der Waals surface area contributed by atoms with Gasteiger partial charge in [0.25, 0.3) is 0 Å². The summed E-state index contributed by atoms with van der Waals surface area (Å²) >= 11 is 0. The smallest absolute Gasteiger partial charge is 0.171 e. The number of aryl methyl sites for hydroxylation is 3. The van der Waals surface area contributed by atoms with Gasteiger partial charge in [0.15, 0.2) is 7.14 Å². The van der Waals surface area contributed by atoms with Crippen molar-refractivity contribution in [3.8, 4) is 33.4 Å². The maximum absolute atomic E-state index is 18.3. The van der Waals surface area contributed by atoms with Gasteiger partial charge in [0, 0.05) is 15.9 Å². The molecular formula is C102H75OP3. The molecule has 1 nitrogen and oxygen atoms in total. The second kappa shape index (κ2) is 26.3. The molecule has 106 heavy (non-hydrogen) atoms. The summed E-state index contributed by atoms with van der Waals surface area (Å²) in [6.07, 6.45) is 0. The molecule has 3 aliphatic carbocycles. The van der Waals surface area contributed by atoms with Crippen molar-refractivity contribution in [2.24, 2.45) is 0 Å². The van der Waals surface area contributed by atoms with E-state index >= 15 is 4.57 Å². The van der Waals surface area contributed by atoms with Crippen LogP contribution in [0.2, 0.25) is 0 Å². The van der Waals surface area contributed by atoms with E-state index in [1.165, 1.54) is 132 Å².